The van der Waals surface area contributed by atoms with Crippen LogP contribution in [0.4, 0.5) is 0 Å². The lowest BCUT2D eigenvalue weighted by atomic mass is 9.84. The molecule has 4 heterocycles. The minimum absolute atomic E-state index is 0.862. The highest BCUT2D eigenvalue weighted by Gasteiger charge is 2.23. The lowest BCUT2D eigenvalue weighted by Gasteiger charge is -2.19. The molecule has 0 aliphatic rings. The van der Waals surface area contributed by atoms with Crippen molar-refractivity contribution < 1.29 is 8.83 Å². The van der Waals surface area contributed by atoms with Gasteiger partial charge in [0.1, 0.15) is 22.5 Å². The largest absolute Gasteiger partial charge is 0.456 e. The molecule has 0 aliphatic carbocycles. The zero-order valence-electron chi connectivity index (χ0n) is 53.0. The summed E-state index contributed by atoms with van der Waals surface area (Å²) in [5.41, 5.74) is 22.9. The van der Waals surface area contributed by atoms with Gasteiger partial charge in [-0.1, -0.05) is 249 Å². The molecule has 0 saturated carbocycles. The van der Waals surface area contributed by atoms with Gasteiger partial charge in [0.2, 0.25) is 0 Å². The molecule has 20 rings (SSSR count). The molecule has 0 saturated heterocycles. The van der Waals surface area contributed by atoms with Crippen molar-refractivity contribution in [2.45, 2.75) is 0 Å². The number of benzene rings is 16. The van der Waals surface area contributed by atoms with Crippen molar-refractivity contribution in [2.24, 2.45) is 0 Å². The number of hydrogen-bond acceptors (Lipinski definition) is 4. The summed E-state index contributed by atoms with van der Waals surface area (Å²) in [4.78, 5) is 2.34. The van der Waals surface area contributed by atoms with Gasteiger partial charge < -0.3 is 8.83 Å². The van der Waals surface area contributed by atoms with Crippen LogP contribution < -0.4 is 0 Å². The Bertz CT molecular complexity index is 6500. The van der Waals surface area contributed by atoms with Gasteiger partial charge in [-0.3, -0.25) is 0 Å². The van der Waals surface area contributed by atoms with Crippen LogP contribution in [0.5, 0.6) is 0 Å². The number of hydrogen-bond donors (Lipinski definition) is 0. The van der Waals surface area contributed by atoms with E-state index in [2.05, 4.69) is 334 Å². The van der Waals surface area contributed by atoms with Crippen molar-refractivity contribution in [3.8, 4) is 110 Å². The smallest absolute Gasteiger partial charge is 0.145 e. The summed E-state index contributed by atoms with van der Waals surface area (Å²) in [6.07, 6.45) is 0. The van der Waals surface area contributed by atoms with E-state index in [1.807, 2.05) is 17.4 Å². The van der Waals surface area contributed by atoms with Crippen LogP contribution in [0.25, 0.3) is 206 Å². The molecule has 20 aromatic rings. The first-order valence-electron chi connectivity index (χ1n) is 33.4. The molecule has 0 N–H and O–H groups in total. The van der Waals surface area contributed by atoms with Crippen molar-refractivity contribution in [1.82, 2.24) is 0 Å². The Hall–Kier alpha value is -12.2. The highest BCUT2D eigenvalue weighted by atomic mass is 32.1. The fraction of sp³-hybridized carbons (Fsp3) is 0. The molecule has 0 aliphatic heterocycles. The van der Waals surface area contributed by atoms with Crippen LogP contribution in [0.3, 0.4) is 0 Å². The molecule has 4 aromatic heterocycles. The third-order valence-corrected chi connectivity index (χ3v) is 22.3. The van der Waals surface area contributed by atoms with Crippen LogP contribution >= 0.6 is 22.7 Å². The second-order valence-electron chi connectivity index (χ2n) is 25.7. The maximum atomic E-state index is 6.89. The number of thiophene rings is 2. The minimum Gasteiger partial charge on any atom is -0.456 e. The normalized spacial score (nSPS) is 11.9. The van der Waals surface area contributed by atoms with Gasteiger partial charge in [0.15, 0.2) is 0 Å². The summed E-state index contributed by atoms with van der Waals surface area (Å²) in [5.74, 6) is 0.872. The lowest BCUT2D eigenvalue weighted by molar-refractivity contribution is 0.633. The quantitative estimate of drug-likeness (QED) is 0.128. The predicted octanol–water partition coefficient (Wildman–Crippen LogP) is 28.0. The van der Waals surface area contributed by atoms with Crippen molar-refractivity contribution in [3.05, 3.63) is 340 Å². The minimum atomic E-state index is 0.862. The molecule has 0 unspecified atom stereocenters. The van der Waals surface area contributed by atoms with Gasteiger partial charge in [-0.2, -0.15) is 0 Å². The third kappa shape index (κ3) is 9.36. The number of para-hydroxylation sites is 1. The molecule has 0 bridgehead atoms. The summed E-state index contributed by atoms with van der Waals surface area (Å²) in [5, 5.41) is 15.6. The molecule has 0 radical (unpaired) electrons. The van der Waals surface area contributed by atoms with Gasteiger partial charge in [0.25, 0.3) is 0 Å². The van der Waals surface area contributed by atoms with Gasteiger partial charge in [-0.25, -0.2) is 0 Å². The molecule has 16 aromatic carbocycles. The van der Waals surface area contributed by atoms with Crippen LogP contribution in [0.15, 0.2) is 349 Å². The maximum absolute atomic E-state index is 6.89. The number of furan rings is 2. The van der Waals surface area contributed by atoms with Gasteiger partial charge >= 0.3 is 0 Å². The van der Waals surface area contributed by atoms with E-state index in [1.165, 1.54) is 140 Å². The molecular formula is C94H56O2S2. The molecule has 98 heavy (non-hydrogen) atoms. The molecule has 0 spiro atoms. The molecule has 0 fully saturated rings. The monoisotopic (exact) mass is 1280 g/mol. The van der Waals surface area contributed by atoms with E-state index in [9.17, 15) is 0 Å². The molecular weight excluding hydrogens is 1230 g/mol. The zero-order valence-corrected chi connectivity index (χ0v) is 54.6. The summed E-state index contributed by atoms with van der Waals surface area (Å²) < 4.78 is 15.7. The average Bonchev–Trinajstić information content (AvgIpc) is 0.929. The summed E-state index contributed by atoms with van der Waals surface area (Å²) in [7, 11) is 0. The topological polar surface area (TPSA) is 26.3 Å². The van der Waals surface area contributed by atoms with Crippen LogP contribution in [-0.4, -0.2) is 0 Å². The van der Waals surface area contributed by atoms with Gasteiger partial charge in [-0.15, -0.1) is 22.7 Å². The highest BCUT2D eigenvalue weighted by molar-refractivity contribution is 7.22. The van der Waals surface area contributed by atoms with Crippen LogP contribution in [0, 0.1) is 0 Å². The summed E-state index contributed by atoms with van der Waals surface area (Å²) >= 11 is 3.62. The Morgan fingerprint density at radius 3 is 1.15 bits per heavy atom. The van der Waals surface area contributed by atoms with Gasteiger partial charge in [0.05, 0.1) is 4.88 Å². The van der Waals surface area contributed by atoms with E-state index < -0.39 is 0 Å². The van der Waals surface area contributed by atoms with Gasteiger partial charge in [-0.05, 0) is 234 Å². The van der Waals surface area contributed by atoms with Crippen molar-refractivity contribution >= 4 is 119 Å². The fourth-order valence-corrected chi connectivity index (χ4v) is 17.6. The Morgan fingerprint density at radius 2 is 0.571 bits per heavy atom. The number of rotatable bonds is 10. The standard InChI is InChI=1S/C94H56O2S2/c1-3-20-57(21-4-1)59-24-18-27-64(47-59)90-72-28-7-9-30-74(72)91(75-31-10-8-29-73(75)90)66-43-45-87-70(49-66)56-89(98-87)85-54-63-41-40-62(53-84(63)96-85)60-25-17-26-61(46-60)68-50-67(58-22-5-2-6-23-58)51-71(52-68)93-78-34-13-11-32-76(78)92(77-33-12-14-35-79(77)93)65-42-44-86-69(48-65)55-88(97-86)81-37-19-39-83-94(81)80-36-15-16-38-82(80)95-83/h1-56H. The Labute approximate surface area is 573 Å². The second kappa shape index (κ2) is 22.8. The second-order valence-corrected chi connectivity index (χ2v) is 27.9. The van der Waals surface area contributed by atoms with Crippen LogP contribution in [0.1, 0.15) is 0 Å². The SMILES string of the molecule is c1ccc(-c2cccc(-c3c4ccccc4c(-c4ccc5sc(-c6cc7ccc(-c8cccc(-c9cc(-c%10ccccc%10)cc(-c%10c%11ccccc%11c(-c%11ccc%12sc(-c%13cccc%14oc%15ccccc%15c%13%14)cc%12c%11)c%11ccccc%10%11)c9)c8)cc7o6)cc5c4)c4ccccc34)c2)cc1. The Morgan fingerprint density at radius 1 is 0.194 bits per heavy atom. The lowest BCUT2D eigenvalue weighted by Crippen LogP contribution is -1.92. The van der Waals surface area contributed by atoms with Crippen LogP contribution in [0.2, 0.25) is 0 Å². The van der Waals surface area contributed by atoms with E-state index in [0.717, 1.165) is 66.0 Å². The Kier molecular flexibility index (Phi) is 13.0. The first-order chi connectivity index (χ1) is 48.5. The van der Waals surface area contributed by atoms with E-state index in [1.54, 1.807) is 11.3 Å². The van der Waals surface area contributed by atoms with E-state index in [4.69, 9.17) is 8.83 Å². The van der Waals surface area contributed by atoms with E-state index in [0.29, 0.717) is 0 Å². The first kappa shape index (κ1) is 56.2. The van der Waals surface area contributed by atoms with Crippen molar-refractivity contribution in [2.75, 3.05) is 0 Å². The predicted molar refractivity (Wildman–Crippen MR) is 419 cm³/mol. The molecule has 0 amide bonds. The highest BCUT2D eigenvalue weighted by Crippen LogP contribution is 2.50. The maximum Gasteiger partial charge on any atom is 0.145 e. The average molecular weight is 1280 g/mol. The fourth-order valence-electron chi connectivity index (χ4n) is 15.6. The van der Waals surface area contributed by atoms with Crippen LogP contribution in [-0.2, 0) is 0 Å². The molecule has 2 nitrogen and oxygen atoms in total. The first-order valence-corrected chi connectivity index (χ1v) is 35.0. The Balaban J connectivity index is 0.647. The third-order valence-electron chi connectivity index (χ3n) is 20.0. The number of fused-ring (bicyclic) bond motifs is 10. The van der Waals surface area contributed by atoms with E-state index >= 15 is 0 Å². The summed E-state index contributed by atoms with van der Waals surface area (Å²) in [6.45, 7) is 0. The van der Waals surface area contributed by atoms with Crippen molar-refractivity contribution in [1.29, 1.82) is 0 Å². The molecule has 4 heteroatoms. The summed E-state index contributed by atoms with van der Waals surface area (Å²) in [6, 6.07) is 125. The van der Waals surface area contributed by atoms with Gasteiger partial charge in [0, 0.05) is 36.0 Å². The molecule has 0 atom stereocenters. The zero-order chi connectivity index (χ0) is 64.4. The molecule has 456 valence electrons. The van der Waals surface area contributed by atoms with Crippen molar-refractivity contribution in [3.63, 3.8) is 0 Å². The van der Waals surface area contributed by atoms with E-state index in [-0.39, 0.29) is 0 Å².